The molecule has 56 heavy (non-hydrogen) atoms. The van der Waals surface area contributed by atoms with Crippen molar-refractivity contribution in [3.63, 3.8) is 0 Å². The van der Waals surface area contributed by atoms with Gasteiger partial charge in [0.25, 0.3) is 0 Å². The maximum absolute atomic E-state index is 13.7. The number of Topliss-reactive ketones (excluding diaryl/α,β-unsaturated/α-hetero) is 1. The largest absolute Gasteiger partial charge is 0.394 e. The number of hydrogen-bond acceptors (Lipinski definition) is 14. The second kappa shape index (κ2) is 15.7. The molecule has 322 valence electrons. The lowest BCUT2D eigenvalue weighted by molar-refractivity contribution is -0.344. The van der Waals surface area contributed by atoms with E-state index in [1.54, 1.807) is 0 Å². The number of hydrogen-bond donors (Lipinski definition) is 9. The van der Waals surface area contributed by atoms with Crippen molar-refractivity contribution < 1.29 is 69.7 Å². The van der Waals surface area contributed by atoms with Crippen LogP contribution < -0.4 is 0 Å². The Bertz CT molecular complexity index is 1450. The lowest BCUT2D eigenvalue weighted by atomic mass is 9.34. The maximum atomic E-state index is 13.7. The Morgan fingerprint density at radius 3 is 1.96 bits per heavy atom. The third-order valence-corrected chi connectivity index (χ3v) is 16.4. The van der Waals surface area contributed by atoms with Gasteiger partial charge in [-0.05, 0) is 99.7 Å². The van der Waals surface area contributed by atoms with Crippen molar-refractivity contribution in [1.82, 2.24) is 0 Å². The molecule has 6 aliphatic rings. The molecule has 6 rings (SSSR count). The van der Waals surface area contributed by atoms with E-state index in [1.807, 2.05) is 34.6 Å². The molecule has 14 heteroatoms. The van der Waals surface area contributed by atoms with Gasteiger partial charge < -0.3 is 64.9 Å². The summed E-state index contributed by atoms with van der Waals surface area (Å²) in [7, 11) is 0. The topological polar surface area (TPSA) is 236 Å². The van der Waals surface area contributed by atoms with Crippen molar-refractivity contribution in [3.05, 3.63) is 11.6 Å². The Morgan fingerprint density at radius 1 is 0.821 bits per heavy atom. The summed E-state index contributed by atoms with van der Waals surface area (Å²) in [5.41, 5.74) is -2.25. The van der Waals surface area contributed by atoms with Crippen molar-refractivity contribution in [2.24, 2.45) is 45.3 Å². The van der Waals surface area contributed by atoms with Crippen LogP contribution in [-0.4, -0.2) is 144 Å². The Labute approximate surface area is 331 Å². The molecular weight excluding hydrogens is 728 g/mol. The minimum absolute atomic E-state index is 0.0414. The zero-order chi connectivity index (χ0) is 41.5. The van der Waals surface area contributed by atoms with Gasteiger partial charge in [0.2, 0.25) is 0 Å². The highest BCUT2D eigenvalue weighted by Gasteiger charge is 2.74. The van der Waals surface area contributed by atoms with Crippen LogP contribution in [-0.2, 0) is 23.7 Å². The molecule has 0 amide bonds. The van der Waals surface area contributed by atoms with Crippen molar-refractivity contribution in [2.75, 3.05) is 13.2 Å². The first-order valence-corrected chi connectivity index (χ1v) is 20.8. The van der Waals surface area contributed by atoms with Crippen molar-refractivity contribution in [3.8, 4) is 0 Å². The van der Waals surface area contributed by atoms with E-state index in [-0.39, 0.29) is 29.5 Å². The number of ketones is 1. The molecule has 14 nitrogen and oxygen atoms in total. The number of allylic oxidation sites excluding steroid dienone is 2. The number of carbonyl (C=O) groups excluding carboxylic acids is 1. The Hall–Kier alpha value is -1.11. The first-order valence-electron chi connectivity index (χ1n) is 20.8. The van der Waals surface area contributed by atoms with Crippen LogP contribution in [0.5, 0.6) is 0 Å². The van der Waals surface area contributed by atoms with Crippen molar-refractivity contribution in [2.45, 2.75) is 186 Å². The number of carbonyl (C=O) groups is 1. The average molecular weight is 799 g/mol. The Morgan fingerprint density at radius 2 is 1.39 bits per heavy atom. The second-order valence-corrected chi connectivity index (χ2v) is 20.0. The first-order chi connectivity index (χ1) is 26.0. The molecule has 2 heterocycles. The minimum atomic E-state index is -1.62. The van der Waals surface area contributed by atoms with Gasteiger partial charge in [0, 0.05) is 17.8 Å². The summed E-state index contributed by atoms with van der Waals surface area (Å²) in [6.07, 6.45) is -9.52. The van der Waals surface area contributed by atoms with Gasteiger partial charge in [0.05, 0.1) is 31.0 Å². The van der Waals surface area contributed by atoms with Crippen molar-refractivity contribution >= 4 is 5.78 Å². The van der Waals surface area contributed by atoms with E-state index in [9.17, 15) is 50.8 Å². The number of ether oxygens (including phenoxy) is 4. The molecule has 0 radical (unpaired) electrons. The standard InChI is InChI=1S/C42H70O14/c1-20(2)10-9-13-42(8,56-37-34(52)32(50)30(48)25(19-44)55-37)21-11-15-40(6)28(21)22(45)16-26-39(5)14-12-27(46)38(3,4)35(39)23(17-41(26,40)7)53-36-33(51)31(49)29(47)24(18-43)54-36/h10,21-26,28-37,43-45,47-52H,9,11-19H2,1-8H3/t21-,22+,23-,24+,25+,26+,28-,29+,30+,31-,32-,33+,34+,35-,36+,37-,39+,40+,41+,42-/m0/s1. The fraction of sp³-hybridized carbons (Fsp3) is 0.929. The summed E-state index contributed by atoms with van der Waals surface area (Å²) in [6.45, 7) is 15.4. The highest BCUT2D eigenvalue weighted by molar-refractivity contribution is 5.85. The Balaban J connectivity index is 1.39. The average Bonchev–Trinajstić information content (AvgIpc) is 3.52. The van der Waals surface area contributed by atoms with Crippen LogP contribution in [0.3, 0.4) is 0 Å². The monoisotopic (exact) mass is 798 g/mol. The smallest absolute Gasteiger partial charge is 0.187 e. The van der Waals surface area contributed by atoms with Gasteiger partial charge in [0.15, 0.2) is 12.6 Å². The fourth-order valence-corrected chi connectivity index (χ4v) is 13.3. The van der Waals surface area contributed by atoms with Crippen LogP contribution in [0.1, 0.15) is 107 Å². The van der Waals surface area contributed by atoms with Crippen LogP contribution >= 0.6 is 0 Å². The van der Waals surface area contributed by atoms with E-state index in [0.29, 0.717) is 51.4 Å². The molecule has 0 spiro atoms. The van der Waals surface area contributed by atoms with Crippen LogP contribution in [0, 0.1) is 45.3 Å². The molecule has 2 saturated heterocycles. The number of fused-ring (bicyclic) bond motifs is 5. The zero-order valence-corrected chi connectivity index (χ0v) is 34.5. The van der Waals surface area contributed by atoms with E-state index in [1.165, 1.54) is 0 Å². The first kappa shape index (κ1) is 44.4. The highest BCUT2D eigenvalue weighted by Crippen LogP contribution is 2.76. The van der Waals surface area contributed by atoms with Gasteiger partial charge in [0.1, 0.15) is 54.6 Å². The molecule has 0 aromatic heterocycles. The van der Waals surface area contributed by atoms with Gasteiger partial charge in [-0.1, -0.05) is 46.3 Å². The molecule has 0 aromatic carbocycles. The minimum Gasteiger partial charge on any atom is -0.394 e. The summed E-state index contributed by atoms with van der Waals surface area (Å²) in [5, 5.41) is 97.1. The molecule has 2 aliphatic heterocycles. The quantitative estimate of drug-likeness (QED) is 0.112. The molecule has 0 aromatic rings. The van der Waals surface area contributed by atoms with E-state index in [0.717, 1.165) is 5.57 Å². The third kappa shape index (κ3) is 6.97. The zero-order valence-electron chi connectivity index (χ0n) is 34.5. The van der Waals surface area contributed by atoms with Gasteiger partial charge >= 0.3 is 0 Å². The van der Waals surface area contributed by atoms with Crippen LogP contribution in [0.4, 0.5) is 0 Å². The highest BCUT2D eigenvalue weighted by atomic mass is 16.7. The molecule has 0 bridgehead atoms. The van der Waals surface area contributed by atoms with Gasteiger partial charge in [-0.25, -0.2) is 0 Å². The second-order valence-electron chi connectivity index (χ2n) is 20.0. The molecular formula is C42H70O14. The van der Waals surface area contributed by atoms with E-state index in [2.05, 4.69) is 26.8 Å². The predicted octanol–water partition coefficient (Wildman–Crippen LogP) is 1.33. The van der Waals surface area contributed by atoms with E-state index < -0.39 is 114 Å². The summed E-state index contributed by atoms with van der Waals surface area (Å²) >= 11 is 0. The molecule has 4 saturated carbocycles. The van der Waals surface area contributed by atoms with Crippen LogP contribution in [0.2, 0.25) is 0 Å². The van der Waals surface area contributed by atoms with Crippen LogP contribution in [0.15, 0.2) is 11.6 Å². The maximum Gasteiger partial charge on any atom is 0.187 e. The van der Waals surface area contributed by atoms with E-state index in [4.69, 9.17) is 18.9 Å². The molecule has 4 aliphatic carbocycles. The lowest BCUT2D eigenvalue weighted by Gasteiger charge is -2.71. The van der Waals surface area contributed by atoms with Gasteiger partial charge in [-0.2, -0.15) is 0 Å². The van der Waals surface area contributed by atoms with Crippen LogP contribution in [0.25, 0.3) is 0 Å². The number of rotatable bonds is 10. The molecule has 6 fully saturated rings. The summed E-state index contributed by atoms with van der Waals surface area (Å²) in [6, 6.07) is 0. The SMILES string of the molecule is CC(C)=CCC[C@](C)(O[C@@H]1O[C@H](CO)[C@@H](O)[C@H](O)[C@H]1O)[C@H]1CC[C@]2(C)[C@@H]1[C@H](O)C[C@@H]1[C@@]3(C)CCC(=O)C(C)(C)[C@@H]3[C@@H](O[C@@H]3O[C@H](CO)[C@@H](O)[C@H](O)[C@H]3O)C[C@]12C. The summed E-state index contributed by atoms with van der Waals surface area (Å²) in [4.78, 5) is 13.7. The van der Waals surface area contributed by atoms with Gasteiger partial charge in [-0.15, -0.1) is 0 Å². The van der Waals surface area contributed by atoms with E-state index >= 15 is 0 Å². The summed E-state index contributed by atoms with van der Waals surface area (Å²) in [5.74, 6) is -0.852. The fourth-order valence-electron chi connectivity index (χ4n) is 13.3. The predicted molar refractivity (Wildman–Crippen MR) is 201 cm³/mol. The number of aliphatic hydroxyl groups is 9. The summed E-state index contributed by atoms with van der Waals surface area (Å²) < 4.78 is 25.3. The lowest BCUT2D eigenvalue weighted by Crippen LogP contribution is -2.70. The number of aliphatic hydroxyl groups excluding tert-OH is 9. The normalized spacial score (nSPS) is 51.3. The molecule has 0 unspecified atom stereocenters. The third-order valence-electron chi connectivity index (χ3n) is 16.4. The Kier molecular flexibility index (Phi) is 12.5. The molecule has 20 atom stereocenters. The molecule has 9 N–H and O–H groups in total. The van der Waals surface area contributed by atoms with Gasteiger partial charge in [-0.3, -0.25) is 4.79 Å². The van der Waals surface area contributed by atoms with Crippen molar-refractivity contribution in [1.29, 1.82) is 0 Å².